The second-order valence-electron chi connectivity index (χ2n) is 15.2. The second-order valence-corrected chi connectivity index (χ2v) is 15.2. The van der Waals surface area contributed by atoms with E-state index in [1.54, 1.807) is 0 Å². The van der Waals surface area contributed by atoms with Crippen molar-refractivity contribution < 1.29 is 14.8 Å². The third kappa shape index (κ3) is 9.37. The molecule has 0 spiro atoms. The Balaban J connectivity index is 1.49. The quantitative estimate of drug-likeness (QED) is 0.164. The lowest BCUT2D eigenvalue weighted by Gasteiger charge is -2.41. The van der Waals surface area contributed by atoms with Crippen LogP contribution < -0.4 is 10.6 Å². The molecule has 0 aromatic heterocycles. The number of nitrogens with one attached hydrogen (secondary N) is 2. The second kappa shape index (κ2) is 15.0. The summed E-state index contributed by atoms with van der Waals surface area (Å²) >= 11 is 0. The van der Waals surface area contributed by atoms with Crippen molar-refractivity contribution in [1.29, 1.82) is 0 Å². The van der Waals surface area contributed by atoms with E-state index < -0.39 is 18.3 Å². The van der Waals surface area contributed by atoms with Crippen LogP contribution in [0.15, 0.2) is 0 Å². The molecule has 3 N–H and O–H groups in total. The number of rotatable bonds is 11. The Morgan fingerprint density at radius 1 is 0.951 bits per heavy atom. The van der Waals surface area contributed by atoms with E-state index in [0.717, 1.165) is 82.8 Å². The molecule has 4 fully saturated rings. The minimum atomic E-state index is -0.814. The predicted molar refractivity (Wildman–Crippen MR) is 164 cm³/mol. The minimum absolute atomic E-state index is 0.00201. The van der Waals surface area contributed by atoms with Crippen LogP contribution in [0.5, 0.6) is 0 Å². The number of likely N-dealkylation sites (tertiary alicyclic amines) is 1. The highest BCUT2D eigenvalue weighted by molar-refractivity contribution is 5.79. The van der Waals surface area contributed by atoms with Gasteiger partial charge in [-0.1, -0.05) is 51.9 Å². The number of aliphatic hydroxyl groups is 1. The molecule has 3 saturated carbocycles. The van der Waals surface area contributed by atoms with Gasteiger partial charge in [0.1, 0.15) is 6.23 Å². The maximum atomic E-state index is 13.6. The monoisotopic (exact) mass is 576 g/mol. The summed E-state index contributed by atoms with van der Waals surface area (Å²) in [6.45, 7) is 11.1. The van der Waals surface area contributed by atoms with Gasteiger partial charge in [0.05, 0.1) is 6.04 Å². The fourth-order valence-corrected chi connectivity index (χ4v) is 8.87. The molecule has 0 aromatic rings. The Morgan fingerprint density at radius 2 is 1.61 bits per heavy atom. The SMILES string of the molecule is CCN1CCC(C(=O)N[C@@H](CC2CCC3CCCCC3C2)[C@@H](CC2CCCCC2C(O)NC(C)(C)C)[N+](=O)[O-])CC1. The summed E-state index contributed by atoms with van der Waals surface area (Å²) < 4.78 is 0. The highest BCUT2D eigenvalue weighted by atomic mass is 16.6. The molecular weight excluding hydrogens is 516 g/mol. The van der Waals surface area contributed by atoms with Crippen molar-refractivity contribution in [2.45, 2.75) is 148 Å². The normalized spacial score (nSPS) is 32.5. The lowest BCUT2D eigenvalue weighted by atomic mass is 9.66. The predicted octanol–water partition coefficient (Wildman–Crippen LogP) is 5.75. The van der Waals surface area contributed by atoms with E-state index in [9.17, 15) is 20.0 Å². The Kier molecular flexibility index (Phi) is 11.9. The minimum Gasteiger partial charge on any atom is -0.378 e. The number of aliphatic hydroxyl groups excluding tert-OH is 1. The molecular formula is C33H60N4O4. The number of carbonyl (C=O) groups excluding carboxylic acids is 1. The fraction of sp³-hybridized carbons (Fsp3) is 0.970. The van der Waals surface area contributed by atoms with Gasteiger partial charge in [-0.15, -0.1) is 0 Å². The molecule has 4 aliphatic rings. The summed E-state index contributed by atoms with van der Waals surface area (Å²) in [7, 11) is 0. The third-order valence-electron chi connectivity index (χ3n) is 11.2. The van der Waals surface area contributed by atoms with Crippen LogP contribution in [0.2, 0.25) is 0 Å². The third-order valence-corrected chi connectivity index (χ3v) is 11.2. The van der Waals surface area contributed by atoms with Crippen LogP contribution in [0.4, 0.5) is 0 Å². The summed E-state index contributed by atoms with van der Waals surface area (Å²) in [6, 6.07) is -1.26. The number of fused-ring (bicyclic) bond motifs is 1. The first kappa shape index (κ1) is 32.7. The van der Waals surface area contributed by atoms with Crippen LogP contribution in [-0.4, -0.2) is 64.3 Å². The summed E-state index contributed by atoms with van der Waals surface area (Å²) in [4.78, 5) is 28.7. The number of amides is 1. The standard InChI is InChI=1S/C33H60N4O4/c1-5-36-18-16-25(17-19-36)31(38)34-29(21-23-14-15-24-10-6-7-11-26(24)20-23)30(37(40)41)22-27-12-8-9-13-28(27)32(39)35-33(2,3)4/h23-30,32,35,39H,5-22H2,1-4H3,(H,34,38)/t23?,24?,26?,27?,28?,29-,30+,32?/m0/s1. The van der Waals surface area contributed by atoms with Crippen molar-refractivity contribution >= 4 is 5.91 Å². The zero-order valence-electron chi connectivity index (χ0n) is 26.5. The van der Waals surface area contributed by atoms with Crippen LogP contribution in [0.3, 0.4) is 0 Å². The zero-order valence-corrected chi connectivity index (χ0v) is 26.5. The number of nitro groups is 1. The first-order chi connectivity index (χ1) is 19.5. The molecule has 1 saturated heterocycles. The molecule has 1 amide bonds. The van der Waals surface area contributed by atoms with Crippen LogP contribution >= 0.6 is 0 Å². The molecule has 1 aliphatic heterocycles. The maximum Gasteiger partial charge on any atom is 0.233 e. The van der Waals surface area contributed by atoms with Gasteiger partial charge in [-0.3, -0.25) is 20.2 Å². The summed E-state index contributed by atoms with van der Waals surface area (Å²) in [6.07, 6.45) is 14.9. The van der Waals surface area contributed by atoms with E-state index in [2.05, 4.69) is 22.5 Å². The van der Waals surface area contributed by atoms with Gasteiger partial charge in [0.2, 0.25) is 11.9 Å². The Hall–Kier alpha value is -1.25. The molecule has 6 unspecified atom stereocenters. The van der Waals surface area contributed by atoms with Gasteiger partial charge in [0.15, 0.2) is 0 Å². The van der Waals surface area contributed by atoms with Crippen molar-refractivity contribution in [3.63, 3.8) is 0 Å². The largest absolute Gasteiger partial charge is 0.378 e. The molecule has 0 radical (unpaired) electrons. The lowest BCUT2D eigenvalue weighted by Crippen LogP contribution is -2.53. The van der Waals surface area contributed by atoms with Gasteiger partial charge < -0.3 is 15.3 Å². The van der Waals surface area contributed by atoms with Crippen LogP contribution in [-0.2, 0) is 4.79 Å². The molecule has 236 valence electrons. The van der Waals surface area contributed by atoms with Gasteiger partial charge in [-0.2, -0.15) is 0 Å². The van der Waals surface area contributed by atoms with E-state index in [1.165, 1.54) is 32.1 Å². The molecule has 8 atom stereocenters. The van der Waals surface area contributed by atoms with E-state index in [1.807, 2.05) is 20.8 Å². The number of hydrogen-bond acceptors (Lipinski definition) is 6. The first-order valence-electron chi connectivity index (χ1n) is 17.2. The molecule has 41 heavy (non-hydrogen) atoms. The molecule has 0 aromatic carbocycles. The van der Waals surface area contributed by atoms with Gasteiger partial charge >= 0.3 is 0 Å². The van der Waals surface area contributed by atoms with E-state index >= 15 is 0 Å². The van der Waals surface area contributed by atoms with Gasteiger partial charge in [0.25, 0.3) is 0 Å². The maximum absolute atomic E-state index is 13.6. The van der Waals surface area contributed by atoms with Crippen molar-refractivity contribution in [2.24, 2.45) is 35.5 Å². The van der Waals surface area contributed by atoms with Crippen LogP contribution in [0.25, 0.3) is 0 Å². The van der Waals surface area contributed by atoms with Crippen molar-refractivity contribution in [1.82, 2.24) is 15.5 Å². The number of nitrogens with zero attached hydrogens (tertiary/aromatic N) is 2. The smallest absolute Gasteiger partial charge is 0.233 e. The average molecular weight is 577 g/mol. The molecule has 3 aliphatic carbocycles. The number of hydrogen-bond donors (Lipinski definition) is 3. The van der Waals surface area contributed by atoms with E-state index in [0.29, 0.717) is 18.8 Å². The summed E-state index contributed by atoms with van der Waals surface area (Å²) in [5.41, 5.74) is -0.230. The zero-order chi connectivity index (χ0) is 29.6. The molecule has 0 bridgehead atoms. The Bertz CT molecular complexity index is 840. The summed E-state index contributed by atoms with van der Waals surface area (Å²) in [5, 5.41) is 30.6. The Labute approximate surface area is 249 Å². The van der Waals surface area contributed by atoms with Crippen molar-refractivity contribution in [3.8, 4) is 0 Å². The molecule has 1 heterocycles. The van der Waals surface area contributed by atoms with Crippen molar-refractivity contribution in [3.05, 3.63) is 10.1 Å². The van der Waals surface area contributed by atoms with Crippen LogP contribution in [0, 0.1) is 45.6 Å². The molecule has 4 rings (SSSR count). The van der Waals surface area contributed by atoms with Gasteiger partial charge in [0, 0.05) is 28.7 Å². The molecule has 8 nitrogen and oxygen atoms in total. The highest BCUT2D eigenvalue weighted by Gasteiger charge is 2.43. The lowest BCUT2D eigenvalue weighted by molar-refractivity contribution is -0.530. The first-order valence-corrected chi connectivity index (χ1v) is 17.2. The highest BCUT2D eigenvalue weighted by Crippen LogP contribution is 2.44. The average Bonchev–Trinajstić information content (AvgIpc) is 2.94. The van der Waals surface area contributed by atoms with Gasteiger partial charge in [-0.05, 0) is 109 Å². The van der Waals surface area contributed by atoms with Gasteiger partial charge in [-0.25, -0.2) is 0 Å². The van der Waals surface area contributed by atoms with E-state index in [-0.39, 0.29) is 34.1 Å². The topological polar surface area (TPSA) is 108 Å². The molecule has 8 heteroatoms. The Morgan fingerprint density at radius 3 is 2.27 bits per heavy atom. The number of carbonyl (C=O) groups is 1. The van der Waals surface area contributed by atoms with E-state index in [4.69, 9.17) is 0 Å². The fourth-order valence-electron chi connectivity index (χ4n) is 8.87. The summed E-state index contributed by atoms with van der Waals surface area (Å²) in [5.74, 6) is 2.08. The van der Waals surface area contributed by atoms with Crippen molar-refractivity contribution in [2.75, 3.05) is 19.6 Å². The number of piperidine rings is 1. The van der Waals surface area contributed by atoms with Crippen LogP contribution in [0.1, 0.15) is 124 Å².